The first-order valence-corrected chi connectivity index (χ1v) is 4.76. The number of urea groups is 1. The number of nitrogens with one attached hydrogen (secondary N) is 2. The third kappa shape index (κ3) is 3.05. The Bertz CT molecular complexity index is 207. The summed E-state index contributed by atoms with van der Waals surface area (Å²) >= 11 is 0. The van der Waals surface area contributed by atoms with Crippen molar-refractivity contribution in [3.05, 3.63) is 0 Å². The van der Waals surface area contributed by atoms with E-state index in [1.165, 1.54) is 25.7 Å². The SMILES string of the molecule is CNC(=O)N/N=C(\C)C1CCCC1. The van der Waals surface area contributed by atoms with Gasteiger partial charge in [-0.05, 0) is 25.7 Å². The summed E-state index contributed by atoms with van der Waals surface area (Å²) in [5.41, 5.74) is 3.49. The van der Waals surface area contributed by atoms with Gasteiger partial charge in [-0.15, -0.1) is 0 Å². The molecule has 0 aliphatic heterocycles. The van der Waals surface area contributed by atoms with Gasteiger partial charge >= 0.3 is 6.03 Å². The smallest absolute Gasteiger partial charge is 0.334 e. The molecule has 1 aliphatic rings. The molecule has 0 heterocycles. The highest BCUT2D eigenvalue weighted by Gasteiger charge is 2.17. The topological polar surface area (TPSA) is 53.5 Å². The number of hydrazone groups is 1. The van der Waals surface area contributed by atoms with Crippen LogP contribution in [0.25, 0.3) is 0 Å². The van der Waals surface area contributed by atoms with Crippen LogP contribution in [0.5, 0.6) is 0 Å². The number of carbonyl (C=O) groups is 1. The summed E-state index contributed by atoms with van der Waals surface area (Å²) in [6, 6.07) is -0.252. The fourth-order valence-corrected chi connectivity index (χ4v) is 1.63. The van der Waals surface area contributed by atoms with E-state index < -0.39 is 0 Å². The van der Waals surface area contributed by atoms with Crippen molar-refractivity contribution >= 4 is 11.7 Å². The molecule has 1 saturated carbocycles. The molecule has 2 amide bonds. The molecule has 0 aromatic rings. The maximum atomic E-state index is 10.8. The lowest BCUT2D eigenvalue weighted by Gasteiger charge is -2.07. The molecule has 0 aromatic carbocycles. The lowest BCUT2D eigenvalue weighted by Crippen LogP contribution is -2.30. The summed E-state index contributed by atoms with van der Waals surface area (Å²) in [6.45, 7) is 1.98. The zero-order chi connectivity index (χ0) is 9.68. The highest BCUT2D eigenvalue weighted by atomic mass is 16.2. The molecule has 0 bridgehead atoms. The van der Waals surface area contributed by atoms with Gasteiger partial charge in [0, 0.05) is 12.8 Å². The summed E-state index contributed by atoms with van der Waals surface area (Å²) in [4.78, 5) is 10.8. The molecule has 0 unspecified atom stereocenters. The third-order valence-corrected chi connectivity index (χ3v) is 2.51. The van der Waals surface area contributed by atoms with Crippen LogP contribution >= 0.6 is 0 Å². The Balaban J connectivity index is 2.36. The van der Waals surface area contributed by atoms with E-state index in [9.17, 15) is 4.79 Å². The molecule has 0 atom stereocenters. The van der Waals surface area contributed by atoms with E-state index in [-0.39, 0.29) is 6.03 Å². The summed E-state index contributed by atoms with van der Waals surface area (Å²) in [7, 11) is 1.58. The first kappa shape index (κ1) is 10.0. The van der Waals surface area contributed by atoms with Crippen LogP contribution in [0.4, 0.5) is 4.79 Å². The number of carbonyl (C=O) groups excluding carboxylic acids is 1. The largest absolute Gasteiger partial charge is 0.340 e. The first-order chi connectivity index (χ1) is 6.24. The molecule has 0 radical (unpaired) electrons. The van der Waals surface area contributed by atoms with Gasteiger partial charge in [0.2, 0.25) is 0 Å². The Morgan fingerprint density at radius 2 is 2.00 bits per heavy atom. The normalized spacial score (nSPS) is 18.8. The van der Waals surface area contributed by atoms with Crippen LogP contribution in [0.1, 0.15) is 32.6 Å². The fourth-order valence-electron chi connectivity index (χ4n) is 1.63. The van der Waals surface area contributed by atoms with Crippen molar-refractivity contribution in [2.45, 2.75) is 32.6 Å². The van der Waals surface area contributed by atoms with Crippen molar-refractivity contribution in [1.82, 2.24) is 10.7 Å². The average molecular weight is 183 g/mol. The molecule has 0 saturated heterocycles. The molecule has 0 aromatic heterocycles. The van der Waals surface area contributed by atoms with Gasteiger partial charge < -0.3 is 5.32 Å². The van der Waals surface area contributed by atoms with Gasteiger partial charge in [0.1, 0.15) is 0 Å². The number of rotatable bonds is 2. The lowest BCUT2D eigenvalue weighted by atomic mass is 10.0. The third-order valence-electron chi connectivity index (χ3n) is 2.51. The van der Waals surface area contributed by atoms with Gasteiger partial charge in [-0.25, -0.2) is 10.2 Å². The second kappa shape index (κ2) is 4.84. The zero-order valence-corrected chi connectivity index (χ0v) is 8.26. The second-order valence-corrected chi connectivity index (χ2v) is 3.43. The van der Waals surface area contributed by atoms with Crippen LogP contribution in [-0.2, 0) is 0 Å². The van der Waals surface area contributed by atoms with Crippen LogP contribution in [0.3, 0.4) is 0 Å². The highest BCUT2D eigenvalue weighted by molar-refractivity contribution is 5.86. The number of hydrogen-bond acceptors (Lipinski definition) is 2. The molecule has 2 N–H and O–H groups in total. The van der Waals surface area contributed by atoms with Gasteiger partial charge in [-0.1, -0.05) is 12.8 Å². The molecular formula is C9H17N3O. The predicted molar refractivity (Wildman–Crippen MR) is 52.7 cm³/mol. The Hall–Kier alpha value is -1.06. The number of amides is 2. The van der Waals surface area contributed by atoms with Gasteiger partial charge in [0.25, 0.3) is 0 Å². The van der Waals surface area contributed by atoms with Gasteiger partial charge in [0.15, 0.2) is 0 Å². The van der Waals surface area contributed by atoms with E-state index in [1.54, 1.807) is 7.05 Å². The molecule has 1 rings (SSSR count). The monoisotopic (exact) mass is 183 g/mol. The van der Waals surface area contributed by atoms with Crippen molar-refractivity contribution in [2.24, 2.45) is 11.0 Å². The summed E-state index contributed by atoms with van der Waals surface area (Å²) in [5, 5.41) is 6.49. The van der Waals surface area contributed by atoms with Crippen LogP contribution in [-0.4, -0.2) is 18.8 Å². The van der Waals surface area contributed by atoms with E-state index >= 15 is 0 Å². The minimum atomic E-state index is -0.252. The molecule has 1 aliphatic carbocycles. The van der Waals surface area contributed by atoms with Gasteiger partial charge in [-0.3, -0.25) is 0 Å². The average Bonchev–Trinajstić information content (AvgIpc) is 2.66. The highest BCUT2D eigenvalue weighted by Crippen LogP contribution is 2.25. The standard InChI is InChI=1S/C9H17N3O/c1-7(8-5-3-4-6-8)11-12-9(13)10-2/h8H,3-6H2,1-2H3,(H2,10,12,13)/b11-7+. The van der Waals surface area contributed by atoms with E-state index in [2.05, 4.69) is 15.8 Å². The van der Waals surface area contributed by atoms with Gasteiger partial charge in [0.05, 0.1) is 0 Å². The molecule has 4 nitrogen and oxygen atoms in total. The molecule has 13 heavy (non-hydrogen) atoms. The van der Waals surface area contributed by atoms with E-state index in [0.717, 1.165) is 5.71 Å². The minimum Gasteiger partial charge on any atom is -0.340 e. The fraction of sp³-hybridized carbons (Fsp3) is 0.778. The maximum Gasteiger partial charge on any atom is 0.334 e. The van der Waals surface area contributed by atoms with Crippen LogP contribution < -0.4 is 10.7 Å². The number of hydrogen-bond donors (Lipinski definition) is 2. The Morgan fingerprint density at radius 3 is 2.54 bits per heavy atom. The van der Waals surface area contributed by atoms with Crippen LogP contribution in [0, 0.1) is 5.92 Å². The molecule has 1 fully saturated rings. The van der Waals surface area contributed by atoms with Crippen LogP contribution in [0.15, 0.2) is 5.10 Å². The van der Waals surface area contributed by atoms with E-state index in [1.807, 2.05) is 6.92 Å². The summed E-state index contributed by atoms with van der Waals surface area (Å²) in [5.74, 6) is 0.581. The Kier molecular flexibility index (Phi) is 3.73. The summed E-state index contributed by atoms with van der Waals surface area (Å²) < 4.78 is 0. The molecule has 0 spiro atoms. The first-order valence-electron chi connectivity index (χ1n) is 4.76. The predicted octanol–water partition coefficient (Wildman–Crippen LogP) is 1.48. The Morgan fingerprint density at radius 1 is 1.38 bits per heavy atom. The van der Waals surface area contributed by atoms with E-state index in [0.29, 0.717) is 5.92 Å². The van der Waals surface area contributed by atoms with Crippen molar-refractivity contribution in [1.29, 1.82) is 0 Å². The van der Waals surface area contributed by atoms with Crippen molar-refractivity contribution in [3.8, 4) is 0 Å². The van der Waals surface area contributed by atoms with E-state index in [4.69, 9.17) is 0 Å². The lowest BCUT2D eigenvalue weighted by molar-refractivity contribution is 0.243. The zero-order valence-electron chi connectivity index (χ0n) is 8.26. The number of nitrogens with zero attached hydrogens (tertiary/aromatic N) is 1. The molecule has 4 heteroatoms. The maximum absolute atomic E-state index is 10.8. The second-order valence-electron chi connectivity index (χ2n) is 3.43. The van der Waals surface area contributed by atoms with Crippen LogP contribution in [0.2, 0.25) is 0 Å². The molecular weight excluding hydrogens is 166 g/mol. The van der Waals surface area contributed by atoms with Crippen molar-refractivity contribution in [3.63, 3.8) is 0 Å². The van der Waals surface area contributed by atoms with Crippen molar-refractivity contribution in [2.75, 3.05) is 7.05 Å². The Labute approximate surface area is 78.8 Å². The van der Waals surface area contributed by atoms with Gasteiger partial charge in [-0.2, -0.15) is 5.10 Å². The quantitative estimate of drug-likeness (QED) is 0.494. The summed E-state index contributed by atoms with van der Waals surface area (Å²) in [6.07, 6.45) is 5.00. The minimum absolute atomic E-state index is 0.252. The van der Waals surface area contributed by atoms with Crippen molar-refractivity contribution < 1.29 is 4.79 Å². The molecule has 74 valence electrons.